The lowest BCUT2D eigenvalue weighted by molar-refractivity contribution is 0.0240. The van der Waals surface area contributed by atoms with E-state index < -0.39 is 11.6 Å². The number of benzene rings is 2. The minimum atomic E-state index is -0.516. The molecule has 1 aliphatic heterocycles. The molecule has 0 aromatic heterocycles. The molecular weight excluding hydrogens is 432 g/mol. The Morgan fingerprint density at radius 1 is 1.00 bits per heavy atom. The van der Waals surface area contributed by atoms with Crippen LogP contribution >= 0.6 is 11.6 Å². The van der Waals surface area contributed by atoms with Crippen molar-refractivity contribution >= 4 is 40.8 Å². The molecule has 2 aromatic carbocycles. The van der Waals surface area contributed by atoms with E-state index in [9.17, 15) is 9.59 Å². The maximum Gasteiger partial charge on any atom is 0.410 e. The summed E-state index contributed by atoms with van der Waals surface area (Å²) in [6.45, 7) is 7.94. The van der Waals surface area contributed by atoms with E-state index in [0.29, 0.717) is 48.3 Å². The number of para-hydroxylation sites is 2. The van der Waals surface area contributed by atoms with Crippen molar-refractivity contribution in [2.45, 2.75) is 26.4 Å². The van der Waals surface area contributed by atoms with Crippen molar-refractivity contribution in [2.75, 3.05) is 48.8 Å². The third-order valence-electron chi connectivity index (χ3n) is 4.83. The molecule has 0 radical (unpaired) electrons. The lowest BCUT2D eigenvalue weighted by Crippen LogP contribution is -2.50. The van der Waals surface area contributed by atoms with Crippen LogP contribution in [-0.4, -0.2) is 55.9 Å². The highest BCUT2D eigenvalue weighted by Gasteiger charge is 2.26. The smallest absolute Gasteiger partial charge is 0.410 e. The first-order valence-corrected chi connectivity index (χ1v) is 10.8. The highest BCUT2D eigenvalue weighted by Crippen LogP contribution is 2.30. The van der Waals surface area contributed by atoms with Crippen LogP contribution in [0, 0.1) is 0 Å². The number of carbonyl (C=O) groups excluding carboxylic acids is 2. The number of hydrogen-bond acceptors (Lipinski definition) is 5. The summed E-state index contributed by atoms with van der Waals surface area (Å²) >= 11 is 6.50. The average molecular weight is 461 g/mol. The van der Waals surface area contributed by atoms with Gasteiger partial charge in [0, 0.05) is 31.9 Å². The number of carbonyl (C=O) groups is 2. The van der Waals surface area contributed by atoms with Crippen LogP contribution in [0.1, 0.15) is 20.8 Å². The topological polar surface area (TPSA) is 83.1 Å². The second-order valence-corrected chi connectivity index (χ2v) is 8.81. The maximum absolute atomic E-state index is 12.4. The van der Waals surface area contributed by atoms with E-state index in [-0.39, 0.29) is 6.09 Å². The number of ether oxygens (including phenoxy) is 2. The molecule has 0 spiro atoms. The van der Waals surface area contributed by atoms with Gasteiger partial charge in [-0.15, -0.1) is 0 Å². The zero-order valence-corrected chi connectivity index (χ0v) is 19.5. The summed E-state index contributed by atoms with van der Waals surface area (Å²) in [4.78, 5) is 28.4. The number of amides is 3. The fourth-order valence-electron chi connectivity index (χ4n) is 3.33. The maximum atomic E-state index is 12.4. The predicted molar refractivity (Wildman–Crippen MR) is 127 cm³/mol. The van der Waals surface area contributed by atoms with Gasteiger partial charge in [0.1, 0.15) is 11.4 Å². The molecule has 1 heterocycles. The van der Waals surface area contributed by atoms with Crippen molar-refractivity contribution in [3.63, 3.8) is 0 Å². The van der Waals surface area contributed by atoms with Gasteiger partial charge in [-0.05, 0) is 51.1 Å². The van der Waals surface area contributed by atoms with Crippen LogP contribution in [0.5, 0.6) is 5.75 Å². The van der Waals surface area contributed by atoms with Crippen molar-refractivity contribution in [3.8, 4) is 5.75 Å². The molecule has 0 unspecified atom stereocenters. The number of nitrogens with zero attached hydrogens (tertiary/aromatic N) is 2. The number of methoxy groups -OCH3 is 1. The monoisotopic (exact) mass is 460 g/mol. The third-order valence-corrected chi connectivity index (χ3v) is 5.14. The molecule has 3 amide bonds. The van der Waals surface area contributed by atoms with Gasteiger partial charge in [-0.2, -0.15) is 0 Å². The zero-order valence-electron chi connectivity index (χ0n) is 18.8. The molecule has 9 heteroatoms. The molecule has 32 heavy (non-hydrogen) atoms. The fraction of sp³-hybridized carbons (Fsp3) is 0.391. The van der Waals surface area contributed by atoms with Crippen LogP contribution in [0.2, 0.25) is 5.02 Å². The lowest BCUT2D eigenvalue weighted by atomic mass is 10.2. The van der Waals surface area contributed by atoms with E-state index in [1.165, 1.54) is 0 Å². The van der Waals surface area contributed by atoms with E-state index >= 15 is 0 Å². The number of nitrogens with one attached hydrogen (secondary N) is 2. The number of piperazine rings is 1. The van der Waals surface area contributed by atoms with Crippen LogP contribution in [0.25, 0.3) is 0 Å². The van der Waals surface area contributed by atoms with E-state index in [1.54, 1.807) is 36.3 Å². The van der Waals surface area contributed by atoms with Gasteiger partial charge < -0.3 is 29.9 Å². The molecule has 172 valence electrons. The van der Waals surface area contributed by atoms with E-state index in [0.717, 1.165) is 5.69 Å². The first-order chi connectivity index (χ1) is 15.2. The van der Waals surface area contributed by atoms with Crippen LogP contribution in [0.15, 0.2) is 42.5 Å². The third kappa shape index (κ3) is 6.20. The van der Waals surface area contributed by atoms with Gasteiger partial charge in [0.2, 0.25) is 0 Å². The summed E-state index contributed by atoms with van der Waals surface area (Å²) < 4.78 is 10.7. The minimum Gasteiger partial charge on any atom is -0.495 e. The quantitative estimate of drug-likeness (QED) is 0.667. The molecule has 1 fully saturated rings. The summed E-state index contributed by atoms with van der Waals surface area (Å²) in [5.74, 6) is 0.571. The van der Waals surface area contributed by atoms with Gasteiger partial charge in [0.25, 0.3) is 0 Å². The molecule has 2 N–H and O–H groups in total. The van der Waals surface area contributed by atoms with Crippen molar-refractivity contribution in [3.05, 3.63) is 47.5 Å². The summed E-state index contributed by atoms with van der Waals surface area (Å²) in [6.07, 6.45) is -0.302. The highest BCUT2D eigenvalue weighted by molar-refractivity contribution is 6.33. The Hall–Kier alpha value is -3.13. The van der Waals surface area contributed by atoms with Crippen LogP contribution in [0.4, 0.5) is 26.7 Å². The molecule has 0 atom stereocenters. The normalized spacial score (nSPS) is 14.0. The molecular formula is C23H29ClN4O4. The van der Waals surface area contributed by atoms with Crippen LogP contribution < -0.4 is 20.3 Å². The Kier molecular flexibility index (Phi) is 7.35. The Balaban J connectivity index is 1.57. The van der Waals surface area contributed by atoms with Crippen molar-refractivity contribution in [1.82, 2.24) is 4.90 Å². The second-order valence-electron chi connectivity index (χ2n) is 8.40. The molecule has 1 saturated heterocycles. The molecule has 3 rings (SSSR count). The summed E-state index contributed by atoms with van der Waals surface area (Å²) in [5.41, 5.74) is 1.47. The average Bonchev–Trinajstić information content (AvgIpc) is 2.73. The Morgan fingerprint density at radius 3 is 2.31 bits per heavy atom. The SMILES string of the molecule is COc1ccccc1NC(=O)Nc1ccc(N2CCN(C(=O)OC(C)(C)C)CC2)c(Cl)c1. The molecule has 0 aliphatic carbocycles. The van der Waals surface area contributed by atoms with Crippen LogP contribution in [-0.2, 0) is 4.74 Å². The number of rotatable bonds is 4. The molecule has 2 aromatic rings. The zero-order chi connectivity index (χ0) is 23.3. The van der Waals surface area contributed by atoms with Gasteiger partial charge in [-0.1, -0.05) is 23.7 Å². The number of halogens is 1. The number of urea groups is 1. The van der Waals surface area contributed by atoms with E-state index in [2.05, 4.69) is 15.5 Å². The Bertz CT molecular complexity index is 969. The van der Waals surface area contributed by atoms with Gasteiger partial charge >= 0.3 is 12.1 Å². The number of anilines is 3. The van der Waals surface area contributed by atoms with Gasteiger partial charge in [0.05, 0.1) is 23.5 Å². The summed E-state index contributed by atoms with van der Waals surface area (Å²) in [6, 6.07) is 12.1. The number of hydrogen-bond donors (Lipinski definition) is 2. The molecule has 0 saturated carbocycles. The van der Waals surface area contributed by atoms with Gasteiger partial charge in [-0.25, -0.2) is 9.59 Å². The van der Waals surface area contributed by atoms with Gasteiger partial charge in [0.15, 0.2) is 0 Å². The standard InChI is InChI=1S/C23H29ClN4O4/c1-23(2,3)32-22(30)28-13-11-27(12-14-28)19-10-9-16(15-17(19)24)25-21(29)26-18-7-5-6-8-20(18)31-4/h5-10,15H,11-14H2,1-4H3,(H2,25,26,29). The first-order valence-electron chi connectivity index (χ1n) is 10.4. The molecule has 8 nitrogen and oxygen atoms in total. The predicted octanol–water partition coefficient (Wildman–Crippen LogP) is 5.05. The van der Waals surface area contributed by atoms with Gasteiger partial charge in [-0.3, -0.25) is 0 Å². The lowest BCUT2D eigenvalue weighted by Gasteiger charge is -2.37. The van der Waals surface area contributed by atoms with Crippen molar-refractivity contribution < 1.29 is 19.1 Å². The second kappa shape index (κ2) is 9.99. The van der Waals surface area contributed by atoms with Crippen molar-refractivity contribution in [1.29, 1.82) is 0 Å². The largest absolute Gasteiger partial charge is 0.495 e. The Labute approximate surface area is 193 Å². The minimum absolute atomic E-state index is 0.302. The van der Waals surface area contributed by atoms with Crippen molar-refractivity contribution in [2.24, 2.45) is 0 Å². The molecule has 0 bridgehead atoms. The first kappa shape index (κ1) is 23.5. The highest BCUT2D eigenvalue weighted by atomic mass is 35.5. The van der Waals surface area contributed by atoms with Crippen LogP contribution in [0.3, 0.4) is 0 Å². The van der Waals surface area contributed by atoms with E-state index in [1.807, 2.05) is 39.0 Å². The summed E-state index contributed by atoms with van der Waals surface area (Å²) in [7, 11) is 1.55. The Morgan fingerprint density at radius 2 is 1.69 bits per heavy atom. The van der Waals surface area contributed by atoms with E-state index in [4.69, 9.17) is 21.1 Å². The fourth-order valence-corrected chi connectivity index (χ4v) is 3.63. The summed E-state index contributed by atoms with van der Waals surface area (Å²) in [5, 5.41) is 6.06. The molecule has 1 aliphatic rings.